The van der Waals surface area contributed by atoms with Crippen LogP contribution >= 0.6 is 0 Å². The third-order valence-corrected chi connectivity index (χ3v) is 4.54. The SMILES string of the molecule is CCC[C@@H]1C(=O)N(Cc2ccccc2)OC[C@H]1NOCc1ccccc1. The van der Waals surface area contributed by atoms with Crippen molar-refractivity contribution in [3.63, 3.8) is 0 Å². The molecule has 3 rings (SSSR count). The molecule has 26 heavy (non-hydrogen) atoms. The molecule has 0 saturated carbocycles. The quantitative estimate of drug-likeness (QED) is 0.738. The Balaban J connectivity index is 1.56. The van der Waals surface area contributed by atoms with Gasteiger partial charge in [-0.3, -0.25) is 14.5 Å². The maximum Gasteiger partial charge on any atom is 0.251 e. The van der Waals surface area contributed by atoms with E-state index in [0.29, 0.717) is 19.8 Å². The van der Waals surface area contributed by atoms with Gasteiger partial charge in [0.2, 0.25) is 0 Å². The van der Waals surface area contributed by atoms with Gasteiger partial charge >= 0.3 is 0 Å². The van der Waals surface area contributed by atoms with Crippen molar-refractivity contribution in [2.24, 2.45) is 5.92 Å². The zero-order valence-corrected chi connectivity index (χ0v) is 15.1. The Labute approximate surface area is 154 Å². The molecule has 1 amide bonds. The van der Waals surface area contributed by atoms with Crippen molar-refractivity contribution in [3.05, 3.63) is 71.8 Å². The number of hydrogen-bond acceptors (Lipinski definition) is 4. The van der Waals surface area contributed by atoms with Crippen LogP contribution in [0.4, 0.5) is 0 Å². The van der Waals surface area contributed by atoms with Gasteiger partial charge in [-0.1, -0.05) is 74.0 Å². The molecule has 0 spiro atoms. The number of hydroxylamine groups is 3. The topological polar surface area (TPSA) is 50.8 Å². The molecule has 5 heteroatoms. The third kappa shape index (κ3) is 4.91. The second kappa shape index (κ2) is 9.48. The summed E-state index contributed by atoms with van der Waals surface area (Å²) in [6, 6.07) is 19.7. The molecule has 138 valence electrons. The molecule has 2 aromatic rings. The van der Waals surface area contributed by atoms with E-state index in [9.17, 15) is 4.79 Å². The predicted octanol–water partition coefficient (Wildman–Crippen LogP) is 3.47. The molecular formula is C21H26N2O3. The van der Waals surface area contributed by atoms with Gasteiger partial charge in [-0.25, -0.2) is 5.06 Å². The fourth-order valence-corrected chi connectivity index (χ4v) is 3.14. The van der Waals surface area contributed by atoms with Crippen LogP contribution in [0.25, 0.3) is 0 Å². The molecule has 1 heterocycles. The molecule has 0 bridgehead atoms. The molecule has 0 aromatic heterocycles. The Bertz CT molecular complexity index is 678. The minimum absolute atomic E-state index is 0.0164. The van der Waals surface area contributed by atoms with Gasteiger partial charge < -0.3 is 0 Å². The number of benzene rings is 2. The lowest BCUT2D eigenvalue weighted by molar-refractivity contribution is -0.223. The van der Waals surface area contributed by atoms with Crippen molar-refractivity contribution in [3.8, 4) is 0 Å². The van der Waals surface area contributed by atoms with Gasteiger partial charge in [0.25, 0.3) is 5.91 Å². The summed E-state index contributed by atoms with van der Waals surface area (Å²) in [4.78, 5) is 24.2. The summed E-state index contributed by atoms with van der Waals surface area (Å²) < 4.78 is 0. The number of nitrogens with one attached hydrogen (secondary N) is 1. The van der Waals surface area contributed by atoms with Crippen LogP contribution in [-0.2, 0) is 27.6 Å². The molecule has 5 nitrogen and oxygen atoms in total. The van der Waals surface area contributed by atoms with Gasteiger partial charge in [0.05, 0.1) is 31.7 Å². The summed E-state index contributed by atoms with van der Waals surface area (Å²) in [5.41, 5.74) is 5.19. The van der Waals surface area contributed by atoms with Gasteiger partial charge in [0.15, 0.2) is 0 Å². The fourth-order valence-electron chi connectivity index (χ4n) is 3.14. The van der Waals surface area contributed by atoms with E-state index >= 15 is 0 Å². The van der Waals surface area contributed by atoms with Gasteiger partial charge in [-0.2, -0.15) is 5.48 Å². The highest BCUT2D eigenvalue weighted by atomic mass is 16.7. The number of carbonyl (C=O) groups excluding carboxylic acids is 1. The first kappa shape index (κ1) is 18.6. The molecule has 2 aromatic carbocycles. The molecule has 2 atom stereocenters. The Kier molecular flexibility index (Phi) is 6.77. The lowest BCUT2D eigenvalue weighted by Crippen LogP contribution is -2.54. The second-order valence-electron chi connectivity index (χ2n) is 6.55. The van der Waals surface area contributed by atoms with Crippen molar-refractivity contribution in [2.75, 3.05) is 6.61 Å². The minimum atomic E-state index is -0.145. The van der Waals surface area contributed by atoms with E-state index in [4.69, 9.17) is 9.68 Å². The van der Waals surface area contributed by atoms with Crippen LogP contribution in [0.3, 0.4) is 0 Å². The number of amides is 1. The van der Waals surface area contributed by atoms with Crippen LogP contribution in [0.2, 0.25) is 0 Å². The van der Waals surface area contributed by atoms with Gasteiger partial charge in [0.1, 0.15) is 0 Å². The van der Waals surface area contributed by atoms with Crippen molar-refractivity contribution < 1.29 is 14.5 Å². The Morgan fingerprint density at radius 2 is 1.73 bits per heavy atom. The van der Waals surface area contributed by atoms with Crippen LogP contribution in [0.5, 0.6) is 0 Å². The smallest absolute Gasteiger partial charge is 0.251 e. The summed E-state index contributed by atoms with van der Waals surface area (Å²) in [6.07, 6.45) is 1.74. The summed E-state index contributed by atoms with van der Waals surface area (Å²) in [7, 11) is 0. The monoisotopic (exact) mass is 354 g/mol. The van der Waals surface area contributed by atoms with E-state index in [0.717, 1.165) is 24.0 Å². The predicted molar refractivity (Wildman–Crippen MR) is 99.5 cm³/mol. The molecular weight excluding hydrogens is 328 g/mol. The molecule has 0 radical (unpaired) electrons. The van der Waals surface area contributed by atoms with E-state index in [2.05, 4.69) is 12.4 Å². The highest BCUT2D eigenvalue weighted by molar-refractivity contribution is 5.79. The average Bonchev–Trinajstić information content (AvgIpc) is 2.68. The van der Waals surface area contributed by atoms with Crippen LogP contribution in [-0.4, -0.2) is 23.6 Å². The Hall–Kier alpha value is -2.21. The molecule has 1 saturated heterocycles. The zero-order valence-electron chi connectivity index (χ0n) is 15.1. The van der Waals surface area contributed by atoms with Crippen LogP contribution in [0.15, 0.2) is 60.7 Å². The average molecular weight is 354 g/mol. The number of hydrogen-bond donors (Lipinski definition) is 1. The fraction of sp³-hybridized carbons (Fsp3) is 0.381. The largest absolute Gasteiger partial charge is 0.297 e. The van der Waals surface area contributed by atoms with Crippen LogP contribution in [0, 0.1) is 5.92 Å². The first-order valence-corrected chi connectivity index (χ1v) is 9.17. The molecule has 1 aliphatic heterocycles. The normalized spacial score (nSPS) is 20.3. The highest BCUT2D eigenvalue weighted by Gasteiger charge is 2.37. The van der Waals surface area contributed by atoms with Gasteiger partial charge in [-0.15, -0.1) is 0 Å². The number of rotatable bonds is 8. The van der Waals surface area contributed by atoms with E-state index in [1.54, 1.807) is 0 Å². The third-order valence-electron chi connectivity index (χ3n) is 4.54. The van der Waals surface area contributed by atoms with Gasteiger partial charge in [0, 0.05) is 0 Å². The lowest BCUT2D eigenvalue weighted by atomic mass is 9.93. The first-order chi connectivity index (χ1) is 12.8. The van der Waals surface area contributed by atoms with Crippen molar-refractivity contribution in [1.29, 1.82) is 0 Å². The van der Waals surface area contributed by atoms with Crippen LogP contribution < -0.4 is 5.48 Å². The molecule has 1 aliphatic rings. The van der Waals surface area contributed by atoms with Crippen molar-refractivity contribution in [2.45, 2.75) is 39.0 Å². The minimum Gasteiger partial charge on any atom is -0.297 e. The first-order valence-electron chi connectivity index (χ1n) is 9.17. The summed E-state index contributed by atoms with van der Waals surface area (Å²) in [5.74, 6) is -0.129. The summed E-state index contributed by atoms with van der Waals surface area (Å²) >= 11 is 0. The zero-order chi connectivity index (χ0) is 18.2. The van der Waals surface area contributed by atoms with Crippen molar-refractivity contribution >= 4 is 5.91 Å². The molecule has 0 aliphatic carbocycles. The van der Waals surface area contributed by atoms with E-state index < -0.39 is 0 Å². The maximum atomic E-state index is 12.9. The standard InChI is InChI=1S/C21H26N2O3/c1-2-9-19-20(22-25-15-18-12-7-4-8-13-18)16-26-23(21(19)24)14-17-10-5-3-6-11-17/h3-8,10-13,19-20,22H,2,9,14-16H2,1H3/t19-,20+/m0/s1. The second-order valence-corrected chi connectivity index (χ2v) is 6.55. The number of carbonyl (C=O) groups is 1. The van der Waals surface area contributed by atoms with E-state index in [-0.39, 0.29) is 17.9 Å². The van der Waals surface area contributed by atoms with Crippen LogP contribution in [0.1, 0.15) is 30.9 Å². The Morgan fingerprint density at radius 1 is 1.08 bits per heavy atom. The Morgan fingerprint density at radius 3 is 2.38 bits per heavy atom. The maximum absolute atomic E-state index is 12.9. The lowest BCUT2D eigenvalue weighted by Gasteiger charge is -2.37. The summed E-state index contributed by atoms with van der Waals surface area (Å²) in [6.45, 7) is 3.43. The molecule has 1 N–H and O–H groups in total. The summed E-state index contributed by atoms with van der Waals surface area (Å²) in [5, 5.41) is 1.49. The molecule has 1 fully saturated rings. The van der Waals surface area contributed by atoms with E-state index in [1.165, 1.54) is 5.06 Å². The molecule has 0 unspecified atom stereocenters. The number of nitrogens with zero attached hydrogens (tertiary/aromatic N) is 1. The van der Waals surface area contributed by atoms with E-state index in [1.807, 2.05) is 60.7 Å². The van der Waals surface area contributed by atoms with Gasteiger partial charge in [-0.05, 0) is 17.5 Å². The van der Waals surface area contributed by atoms with Crippen molar-refractivity contribution in [1.82, 2.24) is 10.5 Å². The highest BCUT2D eigenvalue weighted by Crippen LogP contribution is 2.23.